The van der Waals surface area contributed by atoms with Gasteiger partial charge in [0.15, 0.2) is 6.10 Å². The molecule has 0 fully saturated rings. The minimum absolute atomic E-state index is 0.352. The summed E-state index contributed by atoms with van der Waals surface area (Å²) in [5.41, 5.74) is 1.68. The van der Waals surface area contributed by atoms with Gasteiger partial charge in [0.25, 0.3) is 5.91 Å². The Balaban J connectivity index is 2.00. The van der Waals surface area contributed by atoms with Crippen molar-refractivity contribution in [2.45, 2.75) is 19.6 Å². The molecule has 0 saturated carbocycles. The molecule has 0 bridgehead atoms. The number of ether oxygens (including phenoxy) is 3. The monoisotopic (exact) mass is 377 g/mol. The molecule has 6 nitrogen and oxygen atoms in total. The van der Waals surface area contributed by atoms with Gasteiger partial charge >= 0.3 is 5.97 Å². The van der Waals surface area contributed by atoms with Crippen molar-refractivity contribution in [2.24, 2.45) is 0 Å². The Morgan fingerprint density at radius 2 is 1.81 bits per heavy atom. The van der Waals surface area contributed by atoms with Crippen LogP contribution >= 0.6 is 11.6 Å². The molecule has 0 aromatic heterocycles. The lowest BCUT2D eigenvalue weighted by Gasteiger charge is -2.15. The molecular weight excluding hydrogens is 358 g/mol. The Morgan fingerprint density at radius 1 is 1.12 bits per heavy atom. The third-order valence-corrected chi connectivity index (χ3v) is 3.81. The van der Waals surface area contributed by atoms with E-state index in [0.717, 1.165) is 5.56 Å². The average Bonchev–Trinajstić information content (AvgIpc) is 2.62. The molecule has 0 heterocycles. The highest BCUT2D eigenvalue weighted by atomic mass is 35.5. The molecule has 0 spiro atoms. The molecule has 7 heteroatoms. The highest BCUT2D eigenvalue weighted by molar-refractivity contribution is 6.31. The van der Waals surface area contributed by atoms with E-state index in [4.69, 9.17) is 25.8 Å². The van der Waals surface area contributed by atoms with Crippen LogP contribution in [0.4, 0.5) is 5.69 Å². The number of amides is 1. The van der Waals surface area contributed by atoms with Crippen molar-refractivity contribution in [3.63, 3.8) is 0 Å². The Labute approximate surface area is 157 Å². The third-order valence-electron chi connectivity index (χ3n) is 3.57. The summed E-state index contributed by atoms with van der Waals surface area (Å²) in [6.45, 7) is 1.94. The summed E-state index contributed by atoms with van der Waals surface area (Å²) in [6.07, 6.45) is -0.996. The fourth-order valence-corrected chi connectivity index (χ4v) is 2.37. The van der Waals surface area contributed by atoms with E-state index >= 15 is 0 Å². The van der Waals surface area contributed by atoms with Gasteiger partial charge in [-0.1, -0.05) is 23.7 Å². The van der Waals surface area contributed by atoms with Crippen LogP contribution in [-0.4, -0.2) is 32.2 Å². The predicted octanol–water partition coefficient (Wildman–Crippen LogP) is 3.68. The molecule has 138 valence electrons. The van der Waals surface area contributed by atoms with Crippen LogP contribution in [0.2, 0.25) is 5.02 Å². The molecule has 0 unspecified atom stereocenters. The Morgan fingerprint density at radius 3 is 2.42 bits per heavy atom. The predicted molar refractivity (Wildman–Crippen MR) is 98.7 cm³/mol. The summed E-state index contributed by atoms with van der Waals surface area (Å²) in [7, 11) is 3.08. The first-order valence-electron chi connectivity index (χ1n) is 7.88. The van der Waals surface area contributed by atoms with Gasteiger partial charge in [-0.2, -0.15) is 0 Å². The van der Waals surface area contributed by atoms with E-state index in [1.807, 2.05) is 0 Å². The zero-order valence-corrected chi connectivity index (χ0v) is 15.5. The summed E-state index contributed by atoms with van der Waals surface area (Å²) in [4.78, 5) is 24.5. The van der Waals surface area contributed by atoms with Crippen molar-refractivity contribution in [3.05, 3.63) is 58.6 Å². The fraction of sp³-hybridized carbons (Fsp3) is 0.263. The number of anilines is 1. The molecule has 0 aliphatic carbocycles. The summed E-state index contributed by atoms with van der Waals surface area (Å²) in [6, 6.07) is 11.6. The number of methoxy groups -OCH3 is 2. The number of halogens is 1. The van der Waals surface area contributed by atoms with E-state index < -0.39 is 18.0 Å². The molecule has 2 aromatic rings. The van der Waals surface area contributed by atoms with Gasteiger partial charge in [-0.05, 0) is 42.8 Å². The lowest BCUT2D eigenvalue weighted by Crippen LogP contribution is -2.30. The van der Waals surface area contributed by atoms with E-state index in [9.17, 15) is 9.59 Å². The molecule has 2 rings (SSSR count). The van der Waals surface area contributed by atoms with Gasteiger partial charge in [0.2, 0.25) is 0 Å². The number of esters is 1. The van der Waals surface area contributed by atoms with Gasteiger partial charge in [0.05, 0.1) is 25.0 Å². The highest BCUT2D eigenvalue weighted by Crippen LogP contribution is 2.27. The van der Waals surface area contributed by atoms with Crippen LogP contribution in [0.15, 0.2) is 42.5 Å². The van der Waals surface area contributed by atoms with Crippen LogP contribution in [0.1, 0.15) is 22.8 Å². The molecule has 1 atom stereocenters. The van der Waals surface area contributed by atoms with Gasteiger partial charge in [0.1, 0.15) is 5.75 Å². The molecule has 0 saturated heterocycles. The quantitative estimate of drug-likeness (QED) is 0.745. The first-order chi connectivity index (χ1) is 12.4. The first kappa shape index (κ1) is 19.8. The van der Waals surface area contributed by atoms with Crippen molar-refractivity contribution >= 4 is 29.2 Å². The molecule has 2 aromatic carbocycles. The molecule has 0 aliphatic heterocycles. The lowest BCUT2D eigenvalue weighted by molar-refractivity contribution is -0.123. The molecule has 1 N–H and O–H groups in total. The number of hydrogen-bond acceptors (Lipinski definition) is 5. The minimum atomic E-state index is -0.996. The van der Waals surface area contributed by atoms with Crippen molar-refractivity contribution in [2.75, 3.05) is 19.5 Å². The van der Waals surface area contributed by atoms with E-state index in [-0.39, 0.29) is 0 Å². The van der Waals surface area contributed by atoms with E-state index in [0.29, 0.717) is 28.6 Å². The number of nitrogens with one attached hydrogen (secondary N) is 1. The van der Waals surface area contributed by atoms with Crippen molar-refractivity contribution < 1.29 is 23.8 Å². The van der Waals surface area contributed by atoms with Crippen LogP contribution in [0.25, 0.3) is 0 Å². The standard InChI is InChI=1S/C19H20ClNO5/c1-12(18(22)21-16-10-15(20)8-9-17(16)25-3)26-19(23)14-6-4-13(5-7-14)11-24-2/h4-10,12H,11H2,1-3H3,(H,21,22)/t12-/m1/s1. The van der Waals surface area contributed by atoms with Crippen LogP contribution in [0.3, 0.4) is 0 Å². The first-order valence-corrected chi connectivity index (χ1v) is 8.25. The second kappa shape index (κ2) is 9.22. The number of rotatable bonds is 7. The summed E-state index contributed by atoms with van der Waals surface area (Å²) in [5.74, 6) is -0.625. The van der Waals surface area contributed by atoms with E-state index in [2.05, 4.69) is 5.32 Å². The smallest absolute Gasteiger partial charge is 0.338 e. The Hall–Kier alpha value is -2.57. The molecule has 1 amide bonds. The van der Waals surface area contributed by atoms with E-state index in [1.165, 1.54) is 14.0 Å². The topological polar surface area (TPSA) is 73.9 Å². The van der Waals surface area contributed by atoms with Crippen LogP contribution in [0.5, 0.6) is 5.75 Å². The van der Waals surface area contributed by atoms with Crippen LogP contribution in [-0.2, 0) is 20.9 Å². The SMILES string of the molecule is COCc1ccc(C(=O)O[C@H](C)C(=O)Nc2cc(Cl)ccc2OC)cc1. The highest BCUT2D eigenvalue weighted by Gasteiger charge is 2.20. The molecule has 0 radical (unpaired) electrons. The molecule has 0 aliphatic rings. The van der Waals surface area contributed by atoms with Crippen molar-refractivity contribution in [1.29, 1.82) is 0 Å². The lowest BCUT2D eigenvalue weighted by atomic mass is 10.1. The molecular formula is C19H20ClNO5. The van der Waals surface area contributed by atoms with Crippen molar-refractivity contribution in [1.82, 2.24) is 0 Å². The van der Waals surface area contributed by atoms with Gasteiger partial charge < -0.3 is 19.5 Å². The van der Waals surface area contributed by atoms with Gasteiger partial charge in [0, 0.05) is 12.1 Å². The third kappa shape index (κ3) is 5.21. The summed E-state index contributed by atoms with van der Waals surface area (Å²) >= 11 is 5.94. The maximum atomic E-state index is 12.3. The number of carbonyl (C=O) groups is 2. The number of carbonyl (C=O) groups excluding carboxylic acids is 2. The maximum absolute atomic E-state index is 12.3. The average molecular weight is 378 g/mol. The Bertz CT molecular complexity index is 776. The maximum Gasteiger partial charge on any atom is 0.338 e. The van der Waals surface area contributed by atoms with Gasteiger partial charge in [-0.15, -0.1) is 0 Å². The molecule has 26 heavy (non-hydrogen) atoms. The largest absolute Gasteiger partial charge is 0.495 e. The summed E-state index contributed by atoms with van der Waals surface area (Å²) in [5, 5.41) is 3.09. The normalized spacial score (nSPS) is 11.5. The van der Waals surface area contributed by atoms with Crippen molar-refractivity contribution in [3.8, 4) is 5.75 Å². The summed E-state index contributed by atoms with van der Waals surface area (Å²) < 4.78 is 15.4. The Kier molecular flexibility index (Phi) is 7.00. The van der Waals surface area contributed by atoms with E-state index in [1.54, 1.807) is 49.6 Å². The minimum Gasteiger partial charge on any atom is -0.495 e. The van der Waals surface area contributed by atoms with Crippen LogP contribution in [0, 0.1) is 0 Å². The van der Waals surface area contributed by atoms with Gasteiger partial charge in [-0.25, -0.2) is 4.79 Å². The second-order valence-corrected chi connectivity index (χ2v) is 5.95. The number of hydrogen-bond donors (Lipinski definition) is 1. The zero-order chi connectivity index (χ0) is 19.1. The number of benzene rings is 2. The zero-order valence-electron chi connectivity index (χ0n) is 14.7. The van der Waals surface area contributed by atoms with Crippen LogP contribution < -0.4 is 10.1 Å². The van der Waals surface area contributed by atoms with Gasteiger partial charge in [-0.3, -0.25) is 4.79 Å². The fourth-order valence-electron chi connectivity index (χ4n) is 2.20. The second-order valence-electron chi connectivity index (χ2n) is 5.51.